The first-order valence-corrected chi connectivity index (χ1v) is 11.1. The van der Waals surface area contributed by atoms with Crippen LogP contribution in [0.25, 0.3) is 0 Å². The van der Waals surface area contributed by atoms with Gasteiger partial charge in [-0.2, -0.15) is 0 Å². The predicted molar refractivity (Wildman–Crippen MR) is 122 cm³/mol. The van der Waals surface area contributed by atoms with Crippen molar-refractivity contribution in [3.8, 4) is 11.5 Å². The Morgan fingerprint density at radius 2 is 1.84 bits per heavy atom. The highest BCUT2D eigenvalue weighted by atomic mass is 16.5. The number of methoxy groups -OCH3 is 1. The van der Waals surface area contributed by atoms with Crippen molar-refractivity contribution < 1.29 is 19.1 Å². The summed E-state index contributed by atoms with van der Waals surface area (Å²) in [5.74, 6) is 1.72. The van der Waals surface area contributed by atoms with Crippen LogP contribution < -0.4 is 20.1 Å². The van der Waals surface area contributed by atoms with Crippen LogP contribution in [0.4, 0.5) is 4.79 Å². The summed E-state index contributed by atoms with van der Waals surface area (Å²) in [4.78, 5) is 27.4. The second kappa shape index (κ2) is 9.51. The first-order chi connectivity index (χ1) is 15.5. The monoisotopic (exact) mass is 437 g/mol. The zero-order valence-electron chi connectivity index (χ0n) is 18.7. The summed E-state index contributed by atoms with van der Waals surface area (Å²) < 4.78 is 10.9. The maximum Gasteiger partial charge on any atom is 0.317 e. The molecule has 0 unspecified atom stereocenters. The van der Waals surface area contributed by atoms with Gasteiger partial charge in [-0.3, -0.25) is 4.79 Å². The lowest BCUT2D eigenvalue weighted by atomic mass is 9.79. The molecule has 0 bridgehead atoms. The highest BCUT2D eigenvalue weighted by molar-refractivity contribution is 5.83. The maximum absolute atomic E-state index is 12.9. The molecule has 7 heteroatoms. The molecule has 2 aliphatic heterocycles. The molecule has 0 saturated carbocycles. The van der Waals surface area contributed by atoms with E-state index in [1.807, 2.05) is 55.5 Å². The summed E-state index contributed by atoms with van der Waals surface area (Å²) in [5.41, 5.74) is 1.66. The quantitative estimate of drug-likeness (QED) is 0.753. The maximum atomic E-state index is 12.9. The normalized spacial score (nSPS) is 19.3. The van der Waals surface area contributed by atoms with Crippen molar-refractivity contribution in [2.24, 2.45) is 5.41 Å². The average molecular weight is 438 g/mol. The number of nitrogens with zero attached hydrogens (tertiary/aromatic N) is 1. The van der Waals surface area contributed by atoms with Gasteiger partial charge in [0.2, 0.25) is 5.91 Å². The number of piperidine rings is 1. The number of benzene rings is 2. The fraction of sp³-hybridized carbons (Fsp3) is 0.440. The summed E-state index contributed by atoms with van der Waals surface area (Å²) in [6.45, 7) is 4.05. The molecule has 2 aromatic carbocycles. The van der Waals surface area contributed by atoms with Gasteiger partial charge in [0.05, 0.1) is 13.2 Å². The van der Waals surface area contributed by atoms with Gasteiger partial charge >= 0.3 is 6.03 Å². The van der Waals surface area contributed by atoms with Gasteiger partial charge < -0.3 is 25.0 Å². The third-order valence-electron chi connectivity index (χ3n) is 6.52. The third-order valence-corrected chi connectivity index (χ3v) is 6.52. The summed E-state index contributed by atoms with van der Waals surface area (Å²) in [7, 11) is 1.63. The summed E-state index contributed by atoms with van der Waals surface area (Å²) in [6.07, 6.45) is 2.04. The molecular formula is C25H31N3O4. The number of hydrogen-bond donors (Lipinski definition) is 2. The molecular weight excluding hydrogens is 406 g/mol. The second-order valence-corrected chi connectivity index (χ2v) is 8.85. The number of para-hydroxylation sites is 1. The van der Waals surface area contributed by atoms with Crippen LogP contribution in [-0.4, -0.2) is 49.7 Å². The molecule has 0 radical (unpaired) electrons. The molecule has 1 fully saturated rings. The Hall–Kier alpha value is -3.22. The van der Waals surface area contributed by atoms with E-state index in [1.165, 1.54) is 0 Å². The van der Waals surface area contributed by atoms with E-state index in [2.05, 4.69) is 10.6 Å². The Labute approximate surface area is 189 Å². The van der Waals surface area contributed by atoms with Gasteiger partial charge in [-0.05, 0) is 48.6 Å². The molecule has 4 rings (SSSR count). The van der Waals surface area contributed by atoms with Crippen molar-refractivity contribution in [1.82, 2.24) is 15.5 Å². The van der Waals surface area contributed by atoms with E-state index in [0.29, 0.717) is 39.1 Å². The number of nitrogens with one attached hydrogen (secondary N) is 2. The zero-order valence-corrected chi connectivity index (χ0v) is 18.7. The number of urea groups is 1. The first kappa shape index (κ1) is 22.0. The van der Waals surface area contributed by atoms with Crippen LogP contribution in [0.1, 0.15) is 30.9 Å². The van der Waals surface area contributed by atoms with Crippen molar-refractivity contribution in [3.05, 3.63) is 59.7 Å². The first-order valence-electron chi connectivity index (χ1n) is 11.1. The van der Waals surface area contributed by atoms with Gasteiger partial charge in [0, 0.05) is 25.0 Å². The van der Waals surface area contributed by atoms with Gasteiger partial charge in [-0.25, -0.2) is 4.79 Å². The topological polar surface area (TPSA) is 79.9 Å². The average Bonchev–Trinajstić information content (AvgIpc) is 2.83. The number of ether oxygens (including phenoxy) is 2. The fourth-order valence-electron chi connectivity index (χ4n) is 4.26. The number of likely N-dealkylation sites (tertiary alicyclic amines) is 1. The lowest BCUT2D eigenvalue weighted by Gasteiger charge is -2.39. The van der Waals surface area contributed by atoms with E-state index in [1.54, 1.807) is 12.0 Å². The van der Waals surface area contributed by atoms with Crippen LogP contribution in [0, 0.1) is 5.41 Å². The van der Waals surface area contributed by atoms with Crippen LogP contribution >= 0.6 is 0 Å². The SMILES string of the molecule is COc1ccc(CNC(=O)C2(C)CCN(C(=O)N[C@H]3COc4ccccc4C3)CC2)cc1. The Balaban J connectivity index is 1.24. The summed E-state index contributed by atoms with van der Waals surface area (Å²) in [5, 5.41) is 6.14. The van der Waals surface area contributed by atoms with E-state index >= 15 is 0 Å². The number of carbonyl (C=O) groups excluding carboxylic acids is 2. The van der Waals surface area contributed by atoms with E-state index in [9.17, 15) is 9.59 Å². The van der Waals surface area contributed by atoms with E-state index < -0.39 is 5.41 Å². The Bertz CT molecular complexity index is 952. The number of amides is 3. The standard InChI is InChI=1S/C25H31N3O4/c1-25(23(29)26-16-18-7-9-21(31-2)10-8-18)11-13-28(14-12-25)24(30)27-20-15-19-5-3-4-6-22(19)32-17-20/h3-10,20H,11-17H2,1-2H3,(H,26,29)(H,27,30)/t20-/m1/s1. The van der Waals surface area contributed by atoms with E-state index in [0.717, 1.165) is 29.0 Å². The van der Waals surface area contributed by atoms with Gasteiger partial charge in [-0.15, -0.1) is 0 Å². The molecule has 3 amide bonds. The summed E-state index contributed by atoms with van der Waals surface area (Å²) >= 11 is 0. The van der Waals surface area contributed by atoms with Crippen molar-refractivity contribution >= 4 is 11.9 Å². The van der Waals surface area contributed by atoms with Crippen molar-refractivity contribution in [3.63, 3.8) is 0 Å². The molecule has 2 heterocycles. The molecule has 2 aliphatic rings. The second-order valence-electron chi connectivity index (χ2n) is 8.85. The molecule has 0 aromatic heterocycles. The number of carbonyl (C=O) groups is 2. The Kier molecular flexibility index (Phi) is 6.53. The van der Waals surface area contributed by atoms with Crippen LogP contribution in [0.2, 0.25) is 0 Å². The van der Waals surface area contributed by atoms with Crippen LogP contribution in [0.3, 0.4) is 0 Å². The lowest BCUT2D eigenvalue weighted by Crippen LogP contribution is -2.54. The molecule has 7 nitrogen and oxygen atoms in total. The number of rotatable bonds is 5. The zero-order chi connectivity index (χ0) is 22.6. The van der Waals surface area contributed by atoms with Gasteiger partial charge in [0.15, 0.2) is 0 Å². The minimum atomic E-state index is -0.476. The minimum absolute atomic E-state index is 0.0330. The predicted octanol–water partition coefficient (Wildman–Crippen LogP) is 3.13. The molecule has 1 saturated heterocycles. The highest BCUT2D eigenvalue weighted by Gasteiger charge is 2.38. The number of hydrogen-bond acceptors (Lipinski definition) is 4. The summed E-state index contributed by atoms with van der Waals surface area (Å²) in [6, 6.07) is 15.5. The molecule has 0 spiro atoms. The van der Waals surface area contributed by atoms with Crippen LogP contribution in [0.5, 0.6) is 11.5 Å². The lowest BCUT2D eigenvalue weighted by molar-refractivity contribution is -0.132. The molecule has 32 heavy (non-hydrogen) atoms. The highest BCUT2D eigenvalue weighted by Crippen LogP contribution is 2.31. The van der Waals surface area contributed by atoms with Gasteiger partial charge in [-0.1, -0.05) is 37.3 Å². The van der Waals surface area contributed by atoms with Crippen molar-refractivity contribution in [2.45, 2.75) is 38.8 Å². The van der Waals surface area contributed by atoms with E-state index in [-0.39, 0.29) is 18.0 Å². The van der Waals surface area contributed by atoms with Crippen LogP contribution in [0.15, 0.2) is 48.5 Å². The van der Waals surface area contributed by atoms with Crippen molar-refractivity contribution in [1.29, 1.82) is 0 Å². The molecule has 1 atom stereocenters. The number of fused-ring (bicyclic) bond motifs is 1. The molecule has 0 aliphatic carbocycles. The van der Waals surface area contributed by atoms with Crippen molar-refractivity contribution in [2.75, 3.05) is 26.8 Å². The van der Waals surface area contributed by atoms with E-state index in [4.69, 9.17) is 9.47 Å². The fourth-order valence-corrected chi connectivity index (χ4v) is 4.26. The minimum Gasteiger partial charge on any atom is -0.497 e. The molecule has 2 aromatic rings. The molecule has 2 N–H and O–H groups in total. The molecule has 170 valence electrons. The van der Waals surface area contributed by atoms with Gasteiger partial charge in [0.1, 0.15) is 18.1 Å². The Morgan fingerprint density at radius 1 is 1.12 bits per heavy atom. The largest absolute Gasteiger partial charge is 0.497 e. The van der Waals surface area contributed by atoms with Gasteiger partial charge in [0.25, 0.3) is 0 Å². The Morgan fingerprint density at radius 3 is 2.56 bits per heavy atom. The third kappa shape index (κ3) is 4.98. The van der Waals surface area contributed by atoms with Crippen LogP contribution in [-0.2, 0) is 17.8 Å². The smallest absolute Gasteiger partial charge is 0.317 e.